The maximum absolute atomic E-state index is 13.1. The van der Waals surface area contributed by atoms with Crippen LogP contribution < -0.4 is 19.5 Å². The van der Waals surface area contributed by atoms with Crippen LogP contribution in [0, 0.1) is 0 Å². The van der Waals surface area contributed by atoms with Crippen molar-refractivity contribution in [2.75, 3.05) is 19.9 Å². The van der Waals surface area contributed by atoms with Gasteiger partial charge < -0.3 is 24.2 Å². The number of nitrogens with one attached hydrogen (secondary N) is 1. The summed E-state index contributed by atoms with van der Waals surface area (Å²) in [5.74, 6) is 0.898. The van der Waals surface area contributed by atoms with Gasteiger partial charge in [0, 0.05) is 21.7 Å². The van der Waals surface area contributed by atoms with Crippen molar-refractivity contribution in [2.45, 2.75) is 38.8 Å². The number of rotatable bonds is 3. The minimum absolute atomic E-state index is 0.0786. The Hall–Kier alpha value is -2.54. The van der Waals surface area contributed by atoms with Gasteiger partial charge in [0.1, 0.15) is 18.0 Å². The van der Waals surface area contributed by atoms with E-state index < -0.39 is 0 Å². The molecule has 0 aliphatic carbocycles. The van der Waals surface area contributed by atoms with Crippen LogP contribution in [0.15, 0.2) is 30.0 Å². The van der Waals surface area contributed by atoms with Crippen molar-refractivity contribution in [3.05, 3.63) is 57.3 Å². The van der Waals surface area contributed by atoms with E-state index in [-0.39, 0.29) is 24.1 Å². The molecule has 5 rings (SSSR count). The highest BCUT2D eigenvalue weighted by Gasteiger charge is 2.32. The Morgan fingerprint density at radius 1 is 1.10 bits per heavy atom. The van der Waals surface area contributed by atoms with Crippen LogP contribution in [0.5, 0.6) is 17.2 Å². The fraction of sp³-hybridized carbons (Fsp3) is 0.375. The summed E-state index contributed by atoms with van der Waals surface area (Å²) in [6.45, 7) is 3.18. The predicted octanol–water partition coefficient (Wildman–Crippen LogP) is 2.86. The summed E-state index contributed by atoms with van der Waals surface area (Å²) in [5, 5.41) is 13.2. The summed E-state index contributed by atoms with van der Waals surface area (Å²) in [4.78, 5) is 14.4. The van der Waals surface area contributed by atoms with E-state index in [0.717, 1.165) is 31.5 Å². The first kappa shape index (κ1) is 20.4. The number of hydrogen-bond donors (Lipinski definition) is 1. The molecule has 6 nitrogen and oxygen atoms in total. The summed E-state index contributed by atoms with van der Waals surface area (Å²) in [7, 11) is 0. The maximum atomic E-state index is 13.1. The SMILES string of the molecule is O=C1/C(=C/c2cc(Cl)cc3c2OCOC3)Oc2c1ccc([O-])c2C[NH+]1CCCCCC1. The second kappa shape index (κ2) is 8.54. The van der Waals surface area contributed by atoms with Gasteiger partial charge in [0.05, 0.1) is 25.3 Å². The van der Waals surface area contributed by atoms with Crippen LogP contribution in [0.2, 0.25) is 5.02 Å². The van der Waals surface area contributed by atoms with E-state index in [0.29, 0.717) is 46.4 Å². The van der Waals surface area contributed by atoms with Gasteiger partial charge in [0.2, 0.25) is 5.78 Å². The first-order valence-corrected chi connectivity index (χ1v) is 11.1. The summed E-state index contributed by atoms with van der Waals surface area (Å²) in [6.07, 6.45) is 6.44. The Bertz CT molecular complexity index is 1060. The third-order valence-electron chi connectivity index (χ3n) is 6.13. The van der Waals surface area contributed by atoms with Gasteiger partial charge in [0.15, 0.2) is 12.6 Å². The first-order chi connectivity index (χ1) is 15.1. The average molecular weight is 442 g/mol. The lowest BCUT2D eigenvalue weighted by molar-refractivity contribution is -0.913. The number of halogens is 1. The zero-order chi connectivity index (χ0) is 21.4. The van der Waals surface area contributed by atoms with Crippen LogP contribution in [-0.2, 0) is 17.9 Å². The van der Waals surface area contributed by atoms with Gasteiger partial charge in [-0.2, -0.15) is 0 Å². The number of allylic oxidation sites excluding steroid dienone is 1. The second-order valence-electron chi connectivity index (χ2n) is 8.29. The lowest BCUT2D eigenvalue weighted by Gasteiger charge is -2.22. The number of benzene rings is 2. The molecule has 0 bridgehead atoms. The van der Waals surface area contributed by atoms with Gasteiger partial charge in [-0.1, -0.05) is 23.4 Å². The molecule has 0 atom stereocenters. The molecule has 0 aromatic heterocycles. The minimum Gasteiger partial charge on any atom is -0.872 e. The predicted molar refractivity (Wildman–Crippen MR) is 113 cm³/mol. The molecule has 3 aliphatic heterocycles. The van der Waals surface area contributed by atoms with Crippen molar-refractivity contribution in [1.29, 1.82) is 0 Å². The Morgan fingerprint density at radius 2 is 1.90 bits per heavy atom. The normalized spacial score (nSPS) is 20.0. The molecule has 7 heteroatoms. The van der Waals surface area contributed by atoms with Crippen molar-refractivity contribution in [3.63, 3.8) is 0 Å². The highest BCUT2D eigenvalue weighted by Crippen LogP contribution is 2.40. The number of quaternary nitrogens is 1. The Morgan fingerprint density at radius 3 is 2.71 bits per heavy atom. The molecule has 2 aromatic rings. The van der Waals surface area contributed by atoms with Crippen LogP contribution in [0.3, 0.4) is 0 Å². The molecule has 31 heavy (non-hydrogen) atoms. The minimum atomic E-state index is -0.233. The third-order valence-corrected chi connectivity index (χ3v) is 6.34. The Balaban J connectivity index is 1.48. The zero-order valence-electron chi connectivity index (χ0n) is 17.2. The Labute approximate surface area is 186 Å². The lowest BCUT2D eigenvalue weighted by atomic mass is 10.0. The summed E-state index contributed by atoms with van der Waals surface area (Å²) in [5.41, 5.74) is 2.50. The van der Waals surface area contributed by atoms with Crippen molar-refractivity contribution in [2.24, 2.45) is 0 Å². The van der Waals surface area contributed by atoms with Gasteiger partial charge >= 0.3 is 0 Å². The van der Waals surface area contributed by atoms with Crippen LogP contribution in [0.1, 0.15) is 52.7 Å². The number of ketones is 1. The molecule has 1 saturated heterocycles. The largest absolute Gasteiger partial charge is 0.872 e. The summed E-state index contributed by atoms with van der Waals surface area (Å²) >= 11 is 6.25. The zero-order valence-corrected chi connectivity index (χ0v) is 17.9. The number of carbonyl (C=O) groups is 1. The molecule has 0 amide bonds. The molecule has 3 aliphatic rings. The van der Waals surface area contributed by atoms with E-state index in [9.17, 15) is 9.90 Å². The van der Waals surface area contributed by atoms with Crippen LogP contribution >= 0.6 is 11.6 Å². The second-order valence-corrected chi connectivity index (χ2v) is 8.73. The summed E-state index contributed by atoms with van der Waals surface area (Å²) < 4.78 is 17.0. The van der Waals surface area contributed by atoms with Gasteiger partial charge in [-0.05, 0) is 50.0 Å². The molecule has 0 unspecified atom stereocenters. The quantitative estimate of drug-likeness (QED) is 0.741. The number of carbonyl (C=O) groups excluding carboxylic acids is 1. The van der Waals surface area contributed by atoms with Gasteiger partial charge in [0.25, 0.3) is 0 Å². The highest BCUT2D eigenvalue weighted by molar-refractivity contribution is 6.31. The van der Waals surface area contributed by atoms with Crippen molar-refractivity contribution in [1.82, 2.24) is 0 Å². The lowest BCUT2D eigenvalue weighted by Crippen LogP contribution is -3.10. The van der Waals surface area contributed by atoms with E-state index in [1.54, 1.807) is 24.3 Å². The molecular formula is C24H24ClNO5. The van der Waals surface area contributed by atoms with E-state index in [1.165, 1.54) is 23.8 Å². The smallest absolute Gasteiger partial charge is 0.231 e. The molecule has 2 aromatic carbocycles. The average Bonchev–Trinajstić information content (AvgIpc) is 2.92. The van der Waals surface area contributed by atoms with Crippen molar-refractivity contribution < 1.29 is 29.0 Å². The molecule has 0 radical (unpaired) electrons. The number of fused-ring (bicyclic) bond motifs is 2. The number of Topliss-reactive ketones (excluding diaryl/α,β-unsaturated/α-hetero) is 1. The fourth-order valence-electron chi connectivity index (χ4n) is 4.57. The number of ether oxygens (including phenoxy) is 3. The molecular weight excluding hydrogens is 418 g/mol. The van der Waals surface area contributed by atoms with Crippen LogP contribution in [-0.4, -0.2) is 25.7 Å². The maximum Gasteiger partial charge on any atom is 0.231 e. The number of likely N-dealkylation sites (tertiary alicyclic amines) is 1. The summed E-state index contributed by atoms with van der Waals surface area (Å²) in [6, 6.07) is 6.58. The third kappa shape index (κ3) is 4.03. The van der Waals surface area contributed by atoms with Gasteiger partial charge in [-0.25, -0.2) is 0 Å². The molecule has 0 saturated carbocycles. The molecule has 1 fully saturated rings. The molecule has 162 valence electrons. The topological polar surface area (TPSA) is 72.3 Å². The van der Waals surface area contributed by atoms with Gasteiger partial charge in [-0.3, -0.25) is 4.79 Å². The van der Waals surface area contributed by atoms with Crippen molar-refractivity contribution in [3.8, 4) is 17.2 Å². The molecule has 1 N–H and O–H groups in total. The van der Waals surface area contributed by atoms with Crippen LogP contribution in [0.4, 0.5) is 0 Å². The van der Waals surface area contributed by atoms with E-state index in [4.69, 9.17) is 25.8 Å². The number of hydrogen-bond acceptors (Lipinski definition) is 5. The van der Waals surface area contributed by atoms with Gasteiger partial charge in [-0.15, -0.1) is 0 Å². The van der Waals surface area contributed by atoms with Crippen molar-refractivity contribution >= 4 is 23.5 Å². The monoisotopic (exact) mass is 441 g/mol. The fourth-order valence-corrected chi connectivity index (χ4v) is 4.82. The first-order valence-electron chi connectivity index (χ1n) is 10.7. The molecule has 3 heterocycles. The highest BCUT2D eigenvalue weighted by atomic mass is 35.5. The molecule has 0 spiro atoms. The standard InChI is InChI=1S/C24H24ClNO5/c25-17-9-15(23-16(10-17)13-29-14-30-23)11-21-22(28)18-5-6-20(27)19(24(18)31-21)12-26-7-3-1-2-4-8-26/h5-6,9-11,27H,1-4,7-8,12-14H2/b21-11-. The van der Waals surface area contributed by atoms with Crippen LogP contribution in [0.25, 0.3) is 6.08 Å². The van der Waals surface area contributed by atoms with E-state index in [2.05, 4.69) is 0 Å². The van der Waals surface area contributed by atoms with E-state index in [1.807, 2.05) is 0 Å². The van der Waals surface area contributed by atoms with E-state index >= 15 is 0 Å². The Kier molecular flexibility index (Phi) is 5.61.